The third-order valence-corrected chi connectivity index (χ3v) is 3.07. The van der Waals surface area contributed by atoms with Crippen molar-refractivity contribution in [1.82, 2.24) is 15.0 Å². The molecule has 0 aromatic carbocycles. The number of nitrogens with one attached hydrogen (secondary N) is 1. The molecule has 1 saturated carbocycles. The van der Waals surface area contributed by atoms with Crippen LogP contribution in [-0.2, 0) is 0 Å². The van der Waals surface area contributed by atoms with Crippen LogP contribution in [-0.4, -0.2) is 20.9 Å². The Bertz CT molecular complexity index is 622. The Morgan fingerprint density at radius 3 is 2.84 bits per heavy atom. The highest BCUT2D eigenvalue weighted by molar-refractivity contribution is 6.02. The van der Waals surface area contributed by atoms with Gasteiger partial charge >= 0.3 is 0 Å². The van der Waals surface area contributed by atoms with E-state index in [-0.39, 0.29) is 5.91 Å². The standard InChI is InChI=1S/C14H14N4O/c1-9-4-5-15-13(6-9)18-14(19)12-7-11(10-2-3-10)16-8-17-12/h4-8,10H,2-3H2,1H3,(H,15,18,19). The molecule has 5 heteroatoms. The molecule has 3 rings (SSSR count). The second kappa shape index (κ2) is 4.76. The molecule has 1 N–H and O–H groups in total. The minimum Gasteiger partial charge on any atom is -0.305 e. The first kappa shape index (κ1) is 11.8. The van der Waals surface area contributed by atoms with E-state index in [0.717, 1.165) is 24.1 Å². The fourth-order valence-corrected chi connectivity index (χ4v) is 1.88. The lowest BCUT2D eigenvalue weighted by molar-refractivity contribution is 0.102. The summed E-state index contributed by atoms with van der Waals surface area (Å²) < 4.78 is 0. The lowest BCUT2D eigenvalue weighted by Gasteiger charge is -2.05. The summed E-state index contributed by atoms with van der Waals surface area (Å²) in [6.45, 7) is 1.95. The number of aryl methyl sites for hydroxylation is 1. The number of pyridine rings is 1. The van der Waals surface area contributed by atoms with Gasteiger partial charge in [-0.1, -0.05) is 0 Å². The topological polar surface area (TPSA) is 67.8 Å². The molecular weight excluding hydrogens is 240 g/mol. The second-order valence-electron chi connectivity index (χ2n) is 4.77. The highest BCUT2D eigenvalue weighted by Gasteiger charge is 2.25. The number of rotatable bonds is 3. The van der Waals surface area contributed by atoms with E-state index in [4.69, 9.17) is 0 Å². The van der Waals surface area contributed by atoms with E-state index in [1.807, 2.05) is 19.1 Å². The predicted molar refractivity (Wildman–Crippen MR) is 70.9 cm³/mol. The number of anilines is 1. The van der Waals surface area contributed by atoms with Crippen molar-refractivity contribution in [3.63, 3.8) is 0 Å². The Hall–Kier alpha value is -2.30. The van der Waals surface area contributed by atoms with Gasteiger partial charge in [0.15, 0.2) is 0 Å². The minimum absolute atomic E-state index is 0.248. The van der Waals surface area contributed by atoms with Gasteiger partial charge in [0, 0.05) is 17.8 Å². The summed E-state index contributed by atoms with van der Waals surface area (Å²) in [5.41, 5.74) is 2.39. The number of nitrogens with zero attached hydrogens (tertiary/aromatic N) is 3. The first-order valence-electron chi connectivity index (χ1n) is 6.28. The molecule has 0 aliphatic heterocycles. The van der Waals surface area contributed by atoms with Gasteiger partial charge in [0.1, 0.15) is 17.8 Å². The van der Waals surface area contributed by atoms with E-state index in [2.05, 4.69) is 20.3 Å². The molecule has 1 aliphatic rings. The van der Waals surface area contributed by atoms with E-state index in [0.29, 0.717) is 17.4 Å². The van der Waals surface area contributed by atoms with Gasteiger partial charge in [0.2, 0.25) is 0 Å². The zero-order valence-electron chi connectivity index (χ0n) is 10.6. The van der Waals surface area contributed by atoms with Crippen LogP contribution >= 0.6 is 0 Å². The highest BCUT2D eigenvalue weighted by Crippen LogP contribution is 2.38. The average molecular weight is 254 g/mol. The van der Waals surface area contributed by atoms with E-state index >= 15 is 0 Å². The molecule has 0 bridgehead atoms. The van der Waals surface area contributed by atoms with Gasteiger partial charge in [0.05, 0.1) is 0 Å². The molecule has 5 nitrogen and oxygen atoms in total. The maximum absolute atomic E-state index is 12.1. The Morgan fingerprint density at radius 2 is 2.11 bits per heavy atom. The van der Waals surface area contributed by atoms with Crippen LogP contribution in [0.2, 0.25) is 0 Å². The summed E-state index contributed by atoms with van der Waals surface area (Å²) in [7, 11) is 0. The van der Waals surface area contributed by atoms with Crippen molar-refractivity contribution in [3.8, 4) is 0 Å². The predicted octanol–water partition coefficient (Wildman–Crippen LogP) is 2.31. The zero-order chi connectivity index (χ0) is 13.2. The lowest BCUT2D eigenvalue weighted by atomic mass is 10.2. The molecule has 2 heterocycles. The summed E-state index contributed by atoms with van der Waals surface area (Å²) in [5.74, 6) is 0.797. The Morgan fingerprint density at radius 1 is 1.26 bits per heavy atom. The number of hydrogen-bond acceptors (Lipinski definition) is 4. The molecule has 2 aromatic rings. The minimum atomic E-state index is -0.248. The van der Waals surface area contributed by atoms with Crippen LogP contribution in [0.25, 0.3) is 0 Å². The highest BCUT2D eigenvalue weighted by atomic mass is 16.1. The zero-order valence-corrected chi connectivity index (χ0v) is 10.6. The van der Waals surface area contributed by atoms with Crippen LogP contribution in [0.15, 0.2) is 30.7 Å². The van der Waals surface area contributed by atoms with Gasteiger partial charge in [0.25, 0.3) is 5.91 Å². The fraction of sp³-hybridized carbons (Fsp3) is 0.286. The smallest absolute Gasteiger partial charge is 0.275 e. The Kier molecular flexibility index (Phi) is 2.95. The summed E-state index contributed by atoms with van der Waals surface area (Å²) in [6, 6.07) is 5.47. The summed E-state index contributed by atoms with van der Waals surface area (Å²) in [4.78, 5) is 24.4. The monoisotopic (exact) mass is 254 g/mol. The molecule has 0 atom stereocenters. The molecule has 96 valence electrons. The molecular formula is C14H14N4O. The summed E-state index contributed by atoms with van der Waals surface area (Å²) in [5, 5.41) is 2.75. The van der Waals surface area contributed by atoms with Crippen LogP contribution in [0.5, 0.6) is 0 Å². The van der Waals surface area contributed by atoms with Gasteiger partial charge < -0.3 is 5.32 Å². The van der Waals surface area contributed by atoms with E-state index in [1.165, 1.54) is 6.33 Å². The molecule has 1 amide bonds. The van der Waals surface area contributed by atoms with Crippen molar-refractivity contribution in [2.75, 3.05) is 5.32 Å². The number of carbonyl (C=O) groups excluding carboxylic acids is 1. The third kappa shape index (κ3) is 2.76. The van der Waals surface area contributed by atoms with E-state index < -0.39 is 0 Å². The largest absolute Gasteiger partial charge is 0.305 e. The maximum Gasteiger partial charge on any atom is 0.275 e. The molecule has 1 fully saturated rings. The number of amides is 1. The summed E-state index contributed by atoms with van der Waals surface area (Å²) >= 11 is 0. The molecule has 0 spiro atoms. The maximum atomic E-state index is 12.1. The SMILES string of the molecule is Cc1ccnc(NC(=O)c2cc(C3CC3)ncn2)c1. The molecule has 19 heavy (non-hydrogen) atoms. The average Bonchev–Trinajstić information content (AvgIpc) is 3.23. The molecule has 1 aliphatic carbocycles. The number of aromatic nitrogens is 3. The van der Waals surface area contributed by atoms with Crippen molar-refractivity contribution in [2.24, 2.45) is 0 Å². The van der Waals surface area contributed by atoms with Crippen LogP contribution in [0.3, 0.4) is 0 Å². The van der Waals surface area contributed by atoms with Crippen LogP contribution in [0.4, 0.5) is 5.82 Å². The normalized spacial score (nSPS) is 14.2. The molecule has 2 aromatic heterocycles. The summed E-state index contributed by atoms with van der Waals surface area (Å²) in [6.07, 6.45) is 5.42. The van der Waals surface area contributed by atoms with E-state index in [1.54, 1.807) is 12.3 Å². The first-order chi connectivity index (χ1) is 9.22. The van der Waals surface area contributed by atoms with Crippen molar-refractivity contribution in [2.45, 2.75) is 25.7 Å². The van der Waals surface area contributed by atoms with Crippen LogP contribution in [0.1, 0.15) is 40.5 Å². The third-order valence-electron chi connectivity index (χ3n) is 3.07. The number of hydrogen-bond donors (Lipinski definition) is 1. The van der Waals surface area contributed by atoms with Gasteiger partial charge in [-0.15, -0.1) is 0 Å². The van der Waals surface area contributed by atoms with Crippen LogP contribution in [0, 0.1) is 6.92 Å². The van der Waals surface area contributed by atoms with Crippen molar-refractivity contribution in [1.29, 1.82) is 0 Å². The number of carbonyl (C=O) groups is 1. The Balaban J connectivity index is 1.78. The van der Waals surface area contributed by atoms with Gasteiger partial charge in [-0.2, -0.15) is 0 Å². The van der Waals surface area contributed by atoms with Gasteiger partial charge in [-0.05, 0) is 43.5 Å². The second-order valence-corrected chi connectivity index (χ2v) is 4.77. The van der Waals surface area contributed by atoms with Crippen molar-refractivity contribution >= 4 is 11.7 Å². The van der Waals surface area contributed by atoms with E-state index in [9.17, 15) is 4.79 Å². The molecule has 0 unspecified atom stereocenters. The lowest BCUT2D eigenvalue weighted by Crippen LogP contribution is -2.15. The van der Waals surface area contributed by atoms with Gasteiger partial charge in [-0.25, -0.2) is 15.0 Å². The Labute approximate surface area is 111 Å². The van der Waals surface area contributed by atoms with Crippen molar-refractivity contribution in [3.05, 3.63) is 47.7 Å². The van der Waals surface area contributed by atoms with Crippen molar-refractivity contribution < 1.29 is 4.79 Å². The molecule has 0 radical (unpaired) electrons. The fourth-order valence-electron chi connectivity index (χ4n) is 1.88. The van der Waals surface area contributed by atoms with Crippen LogP contribution < -0.4 is 5.32 Å². The molecule has 0 saturated heterocycles. The van der Waals surface area contributed by atoms with Gasteiger partial charge in [-0.3, -0.25) is 4.79 Å². The quantitative estimate of drug-likeness (QED) is 0.912. The first-order valence-corrected chi connectivity index (χ1v) is 6.28.